The van der Waals surface area contributed by atoms with Gasteiger partial charge in [-0.15, -0.1) is 0 Å². The Kier molecular flexibility index (Phi) is 6.33. The molecule has 0 aliphatic rings. The van der Waals surface area contributed by atoms with Gasteiger partial charge in [-0.3, -0.25) is 9.56 Å². The van der Waals surface area contributed by atoms with Crippen LogP contribution in [0.3, 0.4) is 0 Å². The molecule has 6 N–H and O–H groups in total. The molecule has 8 nitrogen and oxygen atoms in total. The van der Waals surface area contributed by atoms with Crippen molar-refractivity contribution in [1.29, 1.82) is 0 Å². The highest BCUT2D eigenvalue weighted by Gasteiger charge is 2.10. The van der Waals surface area contributed by atoms with E-state index in [1.807, 2.05) is 36.5 Å². The highest BCUT2D eigenvalue weighted by Crippen LogP contribution is 2.20. The third kappa shape index (κ3) is 5.03. The second kappa shape index (κ2) is 8.91. The quantitative estimate of drug-likeness (QED) is 0.264. The van der Waals surface area contributed by atoms with Gasteiger partial charge in [-0.1, -0.05) is 26.0 Å². The maximum atomic E-state index is 12.5. The van der Waals surface area contributed by atoms with Crippen LogP contribution < -0.4 is 22.5 Å². The number of hydrogen-bond donors (Lipinski definition) is 4. The molecule has 0 spiro atoms. The lowest BCUT2D eigenvalue weighted by Crippen LogP contribution is -2.24. The first-order valence-electron chi connectivity index (χ1n) is 9.86. The molecule has 2 aromatic heterocycles. The average Bonchev–Trinajstić information content (AvgIpc) is 3.10. The number of nitrogens with one attached hydrogen (secondary N) is 2. The maximum absolute atomic E-state index is 12.5. The fourth-order valence-corrected chi connectivity index (χ4v) is 3.16. The number of rotatable bonds is 8. The van der Waals surface area contributed by atoms with E-state index in [1.54, 1.807) is 4.57 Å². The number of aliphatic imine (C=N–C) groups is 1. The smallest absolute Gasteiger partial charge is 0.354 e. The molecule has 0 aliphatic carbocycles. The van der Waals surface area contributed by atoms with Crippen LogP contribution in [0.25, 0.3) is 16.7 Å². The van der Waals surface area contributed by atoms with E-state index in [1.165, 1.54) is 0 Å². The van der Waals surface area contributed by atoms with Gasteiger partial charge in [0, 0.05) is 29.9 Å². The second-order valence-corrected chi connectivity index (χ2v) is 7.50. The van der Waals surface area contributed by atoms with Gasteiger partial charge in [-0.25, -0.2) is 4.79 Å². The largest absolute Gasteiger partial charge is 0.370 e. The molecule has 1 atom stereocenters. The summed E-state index contributed by atoms with van der Waals surface area (Å²) in [7, 11) is 0. The molecule has 1 unspecified atom stereocenters. The van der Waals surface area contributed by atoms with E-state index >= 15 is 0 Å². The van der Waals surface area contributed by atoms with E-state index in [2.05, 4.69) is 41.0 Å². The molecule has 29 heavy (non-hydrogen) atoms. The third-order valence-electron chi connectivity index (χ3n) is 4.90. The molecule has 8 heteroatoms. The number of fused-ring (bicyclic) bond motifs is 1. The first kappa shape index (κ1) is 20.6. The Balaban J connectivity index is 1.71. The summed E-state index contributed by atoms with van der Waals surface area (Å²) >= 11 is 0. The molecule has 0 radical (unpaired) electrons. The third-order valence-corrected chi connectivity index (χ3v) is 4.90. The summed E-state index contributed by atoms with van der Waals surface area (Å²) in [5.41, 5.74) is 14.0. The van der Waals surface area contributed by atoms with Crippen molar-refractivity contribution in [3.05, 3.63) is 58.3 Å². The summed E-state index contributed by atoms with van der Waals surface area (Å²) in [5.74, 6) is 0.470. The minimum atomic E-state index is -0.298. The number of aromatic amines is 1. The standard InChI is InChI=1S/C21H29N7O/c1-13(2)18-11-16-12-28(21(29)27-19(16)26-18)17-7-5-15(6-8-17)14(3)24-9-4-10-25-20(22)23/h5-8,11-14,24H,4,9-10H2,1-3H3,(H4,22,23,25)(H,26,27,29). The predicted molar refractivity (Wildman–Crippen MR) is 117 cm³/mol. The normalized spacial score (nSPS) is 12.4. The SMILES string of the molecule is CC(C)c1cc2cn(-c3ccc(C(C)NCCCN=C(N)N)cc3)c(=O)nc2[nH]1. The van der Waals surface area contributed by atoms with Crippen LogP contribution in [-0.2, 0) is 0 Å². The van der Waals surface area contributed by atoms with Crippen molar-refractivity contribution in [2.75, 3.05) is 13.1 Å². The second-order valence-electron chi connectivity index (χ2n) is 7.50. The van der Waals surface area contributed by atoms with Gasteiger partial charge in [0.25, 0.3) is 0 Å². The molecule has 0 saturated carbocycles. The summed E-state index contributed by atoms with van der Waals surface area (Å²) in [6.07, 6.45) is 2.70. The van der Waals surface area contributed by atoms with E-state index in [4.69, 9.17) is 11.5 Å². The van der Waals surface area contributed by atoms with Gasteiger partial charge in [0.1, 0.15) is 5.65 Å². The minimum Gasteiger partial charge on any atom is -0.370 e. The van der Waals surface area contributed by atoms with Gasteiger partial charge < -0.3 is 21.8 Å². The number of aromatic nitrogens is 3. The number of hydrogen-bond acceptors (Lipinski definition) is 4. The van der Waals surface area contributed by atoms with E-state index < -0.39 is 0 Å². The molecule has 3 aromatic rings. The zero-order chi connectivity index (χ0) is 21.0. The lowest BCUT2D eigenvalue weighted by atomic mass is 10.1. The van der Waals surface area contributed by atoms with Crippen LogP contribution in [-0.4, -0.2) is 33.6 Å². The van der Waals surface area contributed by atoms with Crippen LogP contribution in [0, 0.1) is 0 Å². The van der Waals surface area contributed by atoms with Crippen molar-refractivity contribution in [2.24, 2.45) is 16.5 Å². The lowest BCUT2D eigenvalue weighted by molar-refractivity contribution is 0.562. The molecule has 0 amide bonds. The predicted octanol–water partition coefficient (Wildman–Crippen LogP) is 2.15. The van der Waals surface area contributed by atoms with Crippen LogP contribution in [0.1, 0.15) is 50.4 Å². The fraction of sp³-hybridized carbons (Fsp3) is 0.381. The first-order valence-corrected chi connectivity index (χ1v) is 9.86. The van der Waals surface area contributed by atoms with Crippen molar-refractivity contribution in [2.45, 2.75) is 39.2 Å². The van der Waals surface area contributed by atoms with Gasteiger partial charge in [0.15, 0.2) is 5.96 Å². The molecule has 0 bridgehead atoms. The fourth-order valence-electron chi connectivity index (χ4n) is 3.16. The summed E-state index contributed by atoms with van der Waals surface area (Å²) < 4.78 is 1.58. The van der Waals surface area contributed by atoms with Gasteiger partial charge in [0.2, 0.25) is 0 Å². The average molecular weight is 396 g/mol. The molecule has 0 aliphatic heterocycles. The topological polar surface area (TPSA) is 127 Å². The van der Waals surface area contributed by atoms with Crippen molar-refractivity contribution in [3.63, 3.8) is 0 Å². The Bertz CT molecular complexity index is 1040. The van der Waals surface area contributed by atoms with Crippen molar-refractivity contribution >= 4 is 17.0 Å². The van der Waals surface area contributed by atoms with Crippen molar-refractivity contribution in [3.8, 4) is 5.69 Å². The maximum Gasteiger partial charge on any atom is 0.354 e. The summed E-state index contributed by atoms with van der Waals surface area (Å²) in [6.45, 7) is 7.72. The van der Waals surface area contributed by atoms with Crippen LogP contribution in [0.2, 0.25) is 0 Å². The monoisotopic (exact) mass is 395 g/mol. The van der Waals surface area contributed by atoms with E-state index in [0.717, 1.165) is 35.3 Å². The number of guanidine groups is 1. The first-order chi connectivity index (χ1) is 13.8. The van der Waals surface area contributed by atoms with Crippen molar-refractivity contribution in [1.82, 2.24) is 19.9 Å². The Labute approximate surface area is 170 Å². The van der Waals surface area contributed by atoms with Crippen LogP contribution in [0.15, 0.2) is 46.3 Å². The van der Waals surface area contributed by atoms with Gasteiger partial charge in [-0.05, 0) is 49.6 Å². The van der Waals surface area contributed by atoms with E-state index in [-0.39, 0.29) is 17.7 Å². The highest BCUT2D eigenvalue weighted by molar-refractivity contribution is 5.76. The van der Waals surface area contributed by atoms with Crippen LogP contribution in [0.4, 0.5) is 0 Å². The lowest BCUT2D eigenvalue weighted by Gasteiger charge is -2.15. The number of nitrogens with zero attached hydrogens (tertiary/aromatic N) is 3. The van der Waals surface area contributed by atoms with Gasteiger partial charge in [-0.2, -0.15) is 4.98 Å². The van der Waals surface area contributed by atoms with Gasteiger partial charge in [0.05, 0.1) is 5.69 Å². The van der Waals surface area contributed by atoms with E-state index in [9.17, 15) is 4.79 Å². The molecular weight excluding hydrogens is 366 g/mol. The number of H-pyrrole nitrogens is 1. The minimum absolute atomic E-state index is 0.122. The molecule has 154 valence electrons. The summed E-state index contributed by atoms with van der Waals surface area (Å²) in [5, 5.41) is 4.37. The Morgan fingerprint density at radius 2 is 1.97 bits per heavy atom. The van der Waals surface area contributed by atoms with Crippen LogP contribution >= 0.6 is 0 Å². The Morgan fingerprint density at radius 3 is 2.62 bits per heavy atom. The summed E-state index contributed by atoms with van der Waals surface area (Å²) in [6, 6.07) is 10.2. The highest BCUT2D eigenvalue weighted by atomic mass is 16.1. The summed E-state index contributed by atoms with van der Waals surface area (Å²) in [4.78, 5) is 23.9. The molecule has 0 fully saturated rings. The molecule has 2 heterocycles. The zero-order valence-corrected chi connectivity index (χ0v) is 17.1. The number of benzene rings is 1. The Morgan fingerprint density at radius 1 is 1.24 bits per heavy atom. The van der Waals surface area contributed by atoms with Crippen molar-refractivity contribution < 1.29 is 0 Å². The molecular formula is C21H29N7O. The van der Waals surface area contributed by atoms with E-state index in [0.29, 0.717) is 18.1 Å². The number of nitrogens with two attached hydrogens (primary N) is 2. The molecule has 3 rings (SSSR count). The van der Waals surface area contributed by atoms with Gasteiger partial charge >= 0.3 is 5.69 Å². The molecule has 0 saturated heterocycles. The Hall–Kier alpha value is -3.13. The van der Waals surface area contributed by atoms with Crippen LogP contribution in [0.5, 0.6) is 0 Å². The molecule has 1 aromatic carbocycles. The zero-order valence-electron chi connectivity index (χ0n) is 17.1.